The lowest BCUT2D eigenvalue weighted by Crippen LogP contribution is -2.24. The number of nitrogens with one attached hydrogen (secondary N) is 1. The van der Waals surface area contributed by atoms with Gasteiger partial charge in [0.25, 0.3) is 0 Å². The van der Waals surface area contributed by atoms with Gasteiger partial charge in [0.2, 0.25) is 0 Å². The van der Waals surface area contributed by atoms with Gasteiger partial charge in [-0.3, -0.25) is 4.98 Å². The second kappa shape index (κ2) is 7.25. The number of nitrogens with zero attached hydrogens (tertiary/aromatic N) is 1. The zero-order valence-electron chi connectivity index (χ0n) is 11.2. The Morgan fingerprint density at radius 3 is 2.83 bits per heavy atom. The fourth-order valence-electron chi connectivity index (χ4n) is 2.85. The Labute approximate surface area is 119 Å². The van der Waals surface area contributed by atoms with Gasteiger partial charge in [-0.1, -0.05) is 32.6 Å². The summed E-state index contributed by atoms with van der Waals surface area (Å²) >= 11 is 3.52. The fraction of sp³-hybridized carbons (Fsp3) is 0.667. The summed E-state index contributed by atoms with van der Waals surface area (Å²) in [4.78, 5) is 4.30. The first-order chi connectivity index (χ1) is 8.79. The van der Waals surface area contributed by atoms with Crippen molar-refractivity contribution >= 4 is 15.9 Å². The van der Waals surface area contributed by atoms with E-state index in [1.54, 1.807) is 0 Å². The van der Waals surface area contributed by atoms with E-state index in [1.165, 1.54) is 44.1 Å². The summed E-state index contributed by atoms with van der Waals surface area (Å²) in [6.45, 7) is 3.31. The molecule has 18 heavy (non-hydrogen) atoms. The minimum Gasteiger partial charge on any atom is -0.310 e. The highest BCUT2D eigenvalue weighted by Gasteiger charge is 2.21. The Hall–Kier alpha value is -0.410. The molecule has 1 fully saturated rings. The molecular weight excluding hydrogens is 288 g/mol. The van der Waals surface area contributed by atoms with Crippen LogP contribution in [0.5, 0.6) is 0 Å². The fourth-order valence-corrected chi connectivity index (χ4v) is 3.24. The molecule has 100 valence electrons. The van der Waals surface area contributed by atoms with Crippen LogP contribution < -0.4 is 5.32 Å². The number of pyridine rings is 1. The van der Waals surface area contributed by atoms with Gasteiger partial charge < -0.3 is 5.32 Å². The number of halogens is 1. The molecule has 0 amide bonds. The Morgan fingerprint density at radius 1 is 1.39 bits per heavy atom. The summed E-state index contributed by atoms with van der Waals surface area (Å²) in [5.74, 6) is 0.901. The lowest BCUT2D eigenvalue weighted by atomic mass is 9.94. The lowest BCUT2D eigenvalue weighted by Gasteiger charge is -2.22. The molecule has 1 aliphatic rings. The maximum Gasteiger partial charge on any atom is 0.0410 e. The van der Waals surface area contributed by atoms with E-state index in [0.717, 1.165) is 16.9 Å². The summed E-state index contributed by atoms with van der Waals surface area (Å²) in [7, 11) is 0. The molecule has 1 saturated carbocycles. The van der Waals surface area contributed by atoms with Crippen LogP contribution in [-0.2, 0) is 0 Å². The maximum absolute atomic E-state index is 4.30. The Kier molecular flexibility index (Phi) is 5.64. The van der Waals surface area contributed by atoms with Crippen molar-refractivity contribution in [2.45, 2.75) is 51.5 Å². The molecule has 1 aliphatic carbocycles. The van der Waals surface area contributed by atoms with Gasteiger partial charge in [-0.15, -0.1) is 0 Å². The molecule has 1 aromatic heterocycles. The summed E-state index contributed by atoms with van der Waals surface area (Å²) in [6, 6.07) is 2.67. The number of hydrogen-bond donors (Lipinski definition) is 1. The highest BCUT2D eigenvalue weighted by atomic mass is 79.9. The van der Waals surface area contributed by atoms with Gasteiger partial charge in [0, 0.05) is 22.9 Å². The average molecular weight is 311 g/mol. The van der Waals surface area contributed by atoms with Crippen molar-refractivity contribution in [3.05, 3.63) is 28.5 Å². The second-order valence-corrected chi connectivity index (χ2v) is 6.25. The summed E-state index contributed by atoms with van der Waals surface area (Å²) < 4.78 is 1.08. The van der Waals surface area contributed by atoms with E-state index in [4.69, 9.17) is 0 Å². The van der Waals surface area contributed by atoms with Crippen molar-refractivity contribution < 1.29 is 0 Å². The van der Waals surface area contributed by atoms with Gasteiger partial charge in [0.05, 0.1) is 0 Å². The number of hydrogen-bond acceptors (Lipinski definition) is 2. The molecule has 0 aliphatic heterocycles. The first kappa shape index (κ1) is 14.0. The number of rotatable bonds is 6. The molecule has 0 aromatic carbocycles. The largest absolute Gasteiger partial charge is 0.310 e. The van der Waals surface area contributed by atoms with Gasteiger partial charge in [-0.05, 0) is 52.9 Å². The third-order valence-electron chi connectivity index (χ3n) is 3.81. The number of aromatic nitrogens is 1. The van der Waals surface area contributed by atoms with E-state index in [9.17, 15) is 0 Å². The molecule has 0 saturated heterocycles. The summed E-state index contributed by atoms with van der Waals surface area (Å²) in [5.41, 5.74) is 1.32. The molecule has 0 spiro atoms. The third-order valence-corrected chi connectivity index (χ3v) is 4.25. The van der Waals surface area contributed by atoms with E-state index >= 15 is 0 Å². The van der Waals surface area contributed by atoms with Crippen molar-refractivity contribution in [3.8, 4) is 0 Å². The standard InChI is InChI=1S/C15H23BrN2/c1-2-7-18-15(8-12-5-3-4-6-12)13-9-14(16)11-17-10-13/h9-12,15,18H,2-8H2,1H3. The smallest absolute Gasteiger partial charge is 0.0410 e. The van der Waals surface area contributed by atoms with E-state index in [-0.39, 0.29) is 0 Å². The maximum atomic E-state index is 4.30. The van der Waals surface area contributed by atoms with Crippen LogP contribution in [0.3, 0.4) is 0 Å². The molecule has 3 heteroatoms. The molecule has 1 unspecified atom stereocenters. The topological polar surface area (TPSA) is 24.9 Å². The SMILES string of the molecule is CCCNC(CC1CCCC1)c1cncc(Br)c1. The van der Waals surface area contributed by atoms with Crippen molar-refractivity contribution in [3.63, 3.8) is 0 Å². The first-order valence-corrected chi connectivity index (χ1v) is 7.92. The summed E-state index contributed by atoms with van der Waals surface area (Å²) in [5, 5.41) is 3.68. The molecule has 1 N–H and O–H groups in total. The average Bonchev–Trinajstić information content (AvgIpc) is 2.87. The van der Waals surface area contributed by atoms with Crippen LogP contribution in [0.4, 0.5) is 0 Å². The normalized spacial score (nSPS) is 18.1. The second-order valence-electron chi connectivity index (χ2n) is 5.33. The van der Waals surface area contributed by atoms with Crippen LogP contribution in [0.1, 0.15) is 57.1 Å². The quantitative estimate of drug-likeness (QED) is 0.838. The first-order valence-electron chi connectivity index (χ1n) is 7.13. The van der Waals surface area contributed by atoms with Crippen molar-refractivity contribution in [2.24, 2.45) is 5.92 Å². The van der Waals surface area contributed by atoms with Gasteiger partial charge in [-0.2, -0.15) is 0 Å². The van der Waals surface area contributed by atoms with Gasteiger partial charge in [0.15, 0.2) is 0 Å². The Bertz CT molecular complexity index is 361. The van der Waals surface area contributed by atoms with Gasteiger partial charge in [-0.25, -0.2) is 0 Å². The zero-order chi connectivity index (χ0) is 12.8. The van der Waals surface area contributed by atoms with Crippen LogP contribution >= 0.6 is 15.9 Å². The highest BCUT2D eigenvalue weighted by molar-refractivity contribution is 9.10. The van der Waals surface area contributed by atoms with Crippen LogP contribution in [0.2, 0.25) is 0 Å². The van der Waals surface area contributed by atoms with Gasteiger partial charge in [0.1, 0.15) is 0 Å². The third kappa shape index (κ3) is 4.06. The molecule has 2 rings (SSSR count). The van der Waals surface area contributed by atoms with E-state index in [2.05, 4.69) is 39.2 Å². The highest BCUT2D eigenvalue weighted by Crippen LogP contribution is 2.33. The lowest BCUT2D eigenvalue weighted by molar-refractivity contribution is 0.394. The predicted molar refractivity (Wildman–Crippen MR) is 79.5 cm³/mol. The predicted octanol–water partition coefficient (Wildman–Crippen LogP) is 4.47. The van der Waals surface area contributed by atoms with Crippen LogP contribution in [0.15, 0.2) is 22.9 Å². The molecule has 2 nitrogen and oxygen atoms in total. The van der Waals surface area contributed by atoms with E-state index in [0.29, 0.717) is 6.04 Å². The van der Waals surface area contributed by atoms with Crippen LogP contribution in [-0.4, -0.2) is 11.5 Å². The van der Waals surface area contributed by atoms with E-state index < -0.39 is 0 Å². The minimum absolute atomic E-state index is 0.470. The molecular formula is C15H23BrN2. The van der Waals surface area contributed by atoms with Crippen LogP contribution in [0.25, 0.3) is 0 Å². The van der Waals surface area contributed by atoms with Crippen molar-refractivity contribution in [1.82, 2.24) is 10.3 Å². The van der Waals surface area contributed by atoms with Crippen molar-refractivity contribution in [1.29, 1.82) is 0 Å². The minimum atomic E-state index is 0.470. The molecule has 1 atom stereocenters. The molecule has 0 radical (unpaired) electrons. The summed E-state index contributed by atoms with van der Waals surface area (Å²) in [6.07, 6.45) is 12.0. The van der Waals surface area contributed by atoms with Crippen LogP contribution in [0, 0.1) is 5.92 Å². The van der Waals surface area contributed by atoms with Gasteiger partial charge >= 0.3 is 0 Å². The Balaban J connectivity index is 2.03. The van der Waals surface area contributed by atoms with E-state index in [1.807, 2.05) is 12.4 Å². The monoisotopic (exact) mass is 310 g/mol. The molecule has 1 heterocycles. The molecule has 0 bridgehead atoms. The Morgan fingerprint density at radius 2 is 2.17 bits per heavy atom. The zero-order valence-corrected chi connectivity index (χ0v) is 12.7. The van der Waals surface area contributed by atoms with Crippen molar-refractivity contribution in [2.75, 3.05) is 6.54 Å². The molecule has 1 aromatic rings.